The van der Waals surface area contributed by atoms with Crippen molar-refractivity contribution < 1.29 is 0 Å². The summed E-state index contributed by atoms with van der Waals surface area (Å²) in [5.74, 6) is 1.36. The maximum Gasteiger partial charge on any atom is 0.0254 e. The zero-order valence-corrected chi connectivity index (χ0v) is 14.3. The van der Waals surface area contributed by atoms with Crippen LogP contribution in [-0.2, 0) is 6.42 Å². The average molecular weight is 310 g/mol. The van der Waals surface area contributed by atoms with Gasteiger partial charge in [0.25, 0.3) is 0 Å². The molecule has 120 valence electrons. The Morgan fingerprint density at radius 2 is 1.90 bits per heavy atom. The van der Waals surface area contributed by atoms with Crippen LogP contribution in [0.3, 0.4) is 0 Å². The lowest BCUT2D eigenvalue weighted by molar-refractivity contribution is 0.346. The van der Waals surface area contributed by atoms with Crippen molar-refractivity contribution in [2.45, 2.75) is 38.8 Å². The van der Waals surface area contributed by atoms with Gasteiger partial charge >= 0.3 is 0 Å². The predicted octanol–water partition coefficient (Wildman–Crippen LogP) is 2.08. The summed E-state index contributed by atoms with van der Waals surface area (Å²) in [6.45, 7) is 7.36. The molecular weight excluding hydrogens is 278 g/mol. The molecule has 4 N–H and O–H groups in total. The topological polar surface area (TPSA) is 50.1 Å². The first-order chi connectivity index (χ1) is 10.2. The molecule has 2 unspecified atom stereocenters. The second-order valence-corrected chi connectivity index (χ2v) is 6.15. The van der Waals surface area contributed by atoms with Gasteiger partial charge in [-0.1, -0.05) is 50.6 Å². The molecule has 0 aliphatic carbocycles. The quantitative estimate of drug-likeness (QED) is 0.374. The number of rotatable bonds is 11. The Morgan fingerprint density at radius 1 is 1.19 bits per heavy atom. The van der Waals surface area contributed by atoms with E-state index in [0.29, 0.717) is 12.0 Å². The van der Waals surface area contributed by atoms with Crippen LogP contribution in [0, 0.1) is 5.92 Å². The van der Waals surface area contributed by atoms with Crippen LogP contribution in [0.25, 0.3) is 0 Å². The molecule has 1 rings (SSSR count). The molecule has 0 fully saturated rings. The summed E-state index contributed by atoms with van der Waals surface area (Å²) in [6.07, 6.45) is 2.25. The molecule has 0 saturated heterocycles. The summed E-state index contributed by atoms with van der Waals surface area (Å²) in [6, 6.07) is 11.2. The molecular formula is C17H31N3S. The van der Waals surface area contributed by atoms with Gasteiger partial charge in [-0.25, -0.2) is 0 Å². The first kappa shape index (κ1) is 18.5. The summed E-state index contributed by atoms with van der Waals surface area (Å²) in [7, 11) is 0. The van der Waals surface area contributed by atoms with E-state index in [2.05, 4.69) is 67.4 Å². The normalized spacial score (nSPS) is 15.6. The van der Waals surface area contributed by atoms with E-state index >= 15 is 0 Å². The van der Waals surface area contributed by atoms with Gasteiger partial charge in [0, 0.05) is 30.9 Å². The summed E-state index contributed by atoms with van der Waals surface area (Å²) < 4.78 is 0. The van der Waals surface area contributed by atoms with Gasteiger partial charge in [0.1, 0.15) is 0 Å². The van der Waals surface area contributed by atoms with E-state index in [4.69, 9.17) is 5.73 Å². The Kier molecular flexibility index (Phi) is 9.76. The SMILES string of the molecule is CCC(C)C(CNCCc1ccccc1)NC[C@H](N)CS. The third-order valence-corrected chi connectivity index (χ3v) is 4.47. The zero-order chi connectivity index (χ0) is 15.5. The molecule has 0 spiro atoms. The van der Waals surface area contributed by atoms with Gasteiger partial charge in [0.05, 0.1) is 0 Å². The van der Waals surface area contributed by atoms with Gasteiger partial charge in [0.15, 0.2) is 0 Å². The molecule has 0 aliphatic rings. The smallest absolute Gasteiger partial charge is 0.0254 e. The van der Waals surface area contributed by atoms with Crippen molar-refractivity contribution in [3.05, 3.63) is 35.9 Å². The van der Waals surface area contributed by atoms with Gasteiger partial charge in [-0.15, -0.1) is 0 Å². The third-order valence-electron chi connectivity index (χ3n) is 4.01. The molecule has 0 radical (unpaired) electrons. The molecule has 4 heteroatoms. The van der Waals surface area contributed by atoms with E-state index in [-0.39, 0.29) is 6.04 Å². The Morgan fingerprint density at radius 3 is 2.52 bits per heavy atom. The van der Waals surface area contributed by atoms with Crippen molar-refractivity contribution in [2.24, 2.45) is 11.7 Å². The number of hydrogen-bond donors (Lipinski definition) is 4. The number of thiol groups is 1. The van der Waals surface area contributed by atoms with Crippen LogP contribution in [-0.4, -0.2) is 37.5 Å². The summed E-state index contributed by atoms with van der Waals surface area (Å²) >= 11 is 4.24. The minimum Gasteiger partial charge on any atom is -0.326 e. The van der Waals surface area contributed by atoms with Crippen molar-refractivity contribution in [3.8, 4) is 0 Å². The van der Waals surface area contributed by atoms with E-state index in [0.717, 1.165) is 31.8 Å². The van der Waals surface area contributed by atoms with Crippen LogP contribution in [0.2, 0.25) is 0 Å². The van der Waals surface area contributed by atoms with Gasteiger partial charge in [0.2, 0.25) is 0 Å². The molecule has 0 amide bonds. The highest BCUT2D eigenvalue weighted by Crippen LogP contribution is 2.07. The number of hydrogen-bond acceptors (Lipinski definition) is 4. The molecule has 0 aromatic heterocycles. The van der Waals surface area contributed by atoms with Crippen LogP contribution in [0.4, 0.5) is 0 Å². The van der Waals surface area contributed by atoms with Crippen LogP contribution < -0.4 is 16.4 Å². The highest BCUT2D eigenvalue weighted by molar-refractivity contribution is 7.80. The Hall–Kier alpha value is -0.550. The van der Waals surface area contributed by atoms with Gasteiger partial charge in [-0.3, -0.25) is 0 Å². The second-order valence-electron chi connectivity index (χ2n) is 5.78. The predicted molar refractivity (Wildman–Crippen MR) is 96.1 cm³/mol. The minimum atomic E-state index is 0.129. The largest absolute Gasteiger partial charge is 0.326 e. The average Bonchev–Trinajstić information content (AvgIpc) is 2.54. The number of benzene rings is 1. The molecule has 0 bridgehead atoms. The Labute approximate surface area is 135 Å². The fourth-order valence-corrected chi connectivity index (χ4v) is 2.39. The molecule has 1 aromatic rings. The number of nitrogens with two attached hydrogens (primary N) is 1. The highest BCUT2D eigenvalue weighted by atomic mass is 32.1. The minimum absolute atomic E-state index is 0.129. The fraction of sp³-hybridized carbons (Fsp3) is 0.647. The van der Waals surface area contributed by atoms with Crippen LogP contribution in [0.5, 0.6) is 0 Å². The maximum absolute atomic E-state index is 5.93. The second kappa shape index (κ2) is 11.1. The lowest BCUT2D eigenvalue weighted by atomic mass is 9.98. The molecule has 3 nitrogen and oxygen atoms in total. The van der Waals surface area contributed by atoms with Gasteiger partial charge in [-0.05, 0) is 24.4 Å². The lowest BCUT2D eigenvalue weighted by Crippen LogP contribution is -2.48. The van der Waals surface area contributed by atoms with Gasteiger partial charge < -0.3 is 16.4 Å². The fourth-order valence-electron chi connectivity index (χ4n) is 2.26. The molecule has 21 heavy (non-hydrogen) atoms. The van der Waals surface area contributed by atoms with E-state index in [1.807, 2.05) is 0 Å². The summed E-state index contributed by atoms with van der Waals surface area (Å²) in [5, 5.41) is 7.15. The van der Waals surface area contributed by atoms with E-state index in [1.54, 1.807) is 0 Å². The van der Waals surface area contributed by atoms with E-state index < -0.39 is 0 Å². The Bertz CT molecular complexity index is 358. The van der Waals surface area contributed by atoms with Crippen molar-refractivity contribution >= 4 is 12.6 Å². The van der Waals surface area contributed by atoms with E-state index in [1.165, 1.54) is 12.0 Å². The monoisotopic (exact) mass is 309 g/mol. The first-order valence-corrected chi connectivity index (χ1v) is 8.65. The van der Waals surface area contributed by atoms with E-state index in [9.17, 15) is 0 Å². The lowest BCUT2D eigenvalue weighted by Gasteiger charge is -2.26. The molecule has 1 aromatic carbocycles. The van der Waals surface area contributed by atoms with Crippen molar-refractivity contribution in [3.63, 3.8) is 0 Å². The number of nitrogens with one attached hydrogen (secondary N) is 2. The van der Waals surface area contributed by atoms with Crippen LogP contribution in [0.15, 0.2) is 30.3 Å². The van der Waals surface area contributed by atoms with Gasteiger partial charge in [-0.2, -0.15) is 12.6 Å². The van der Waals surface area contributed by atoms with Crippen molar-refractivity contribution in [2.75, 3.05) is 25.4 Å². The maximum atomic E-state index is 5.93. The Balaban J connectivity index is 2.28. The molecule has 3 atom stereocenters. The standard InChI is InChI=1S/C17H31N3S/c1-3-14(2)17(20-11-16(18)13-21)12-19-10-9-15-7-5-4-6-8-15/h4-8,14,16-17,19-21H,3,9-13,18H2,1-2H3/t14?,16-,17?/m0/s1. The zero-order valence-electron chi connectivity index (χ0n) is 13.4. The summed E-state index contributed by atoms with van der Waals surface area (Å²) in [4.78, 5) is 0. The highest BCUT2D eigenvalue weighted by Gasteiger charge is 2.15. The van der Waals surface area contributed by atoms with Crippen molar-refractivity contribution in [1.82, 2.24) is 10.6 Å². The molecule has 0 aliphatic heterocycles. The van der Waals surface area contributed by atoms with Crippen LogP contribution >= 0.6 is 12.6 Å². The van der Waals surface area contributed by atoms with Crippen LogP contribution in [0.1, 0.15) is 25.8 Å². The van der Waals surface area contributed by atoms with Crippen molar-refractivity contribution in [1.29, 1.82) is 0 Å². The molecule has 0 saturated carbocycles. The third kappa shape index (κ3) is 7.86. The summed E-state index contributed by atoms with van der Waals surface area (Å²) in [5.41, 5.74) is 7.32. The molecule has 0 heterocycles. The first-order valence-electron chi connectivity index (χ1n) is 8.01.